The van der Waals surface area contributed by atoms with Crippen LogP contribution in [-0.4, -0.2) is 40.5 Å². The van der Waals surface area contributed by atoms with Gasteiger partial charge >= 0.3 is 0 Å². The van der Waals surface area contributed by atoms with E-state index in [1.807, 2.05) is 37.3 Å². The van der Waals surface area contributed by atoms with E-state index in [2.05, 4.69) is 10.3 Å². The number of carbonyl (C=O) groups excluding carboxylic acids is 1. The Morgan fingerprint density at radius 1 is 1.53 bits per heavy atom. The Kier molecular flexibility index (Phi) is 5.15. The van der Waals surface area contributed by atoms with Gasteiger partial charge in [0.25, 0.3) is 0 Å². The van der Waals surface area contributed by atoms with E-state index in [0.29, 0.717) is 0 Å². The van der Waals surface area contributed by atoms with Crippen LogP contribution in [0.5, 0.6) is 0 Å². The molecule has 1 rings (SSSR count). The molecule has 0 bridgehead atoms. The molecule has 0 radical (unpaired) electrons. The van der Waals surface area contributed by atoms with Gasteiger partial charge in [0.05, 0.1) is 12.0 Å². The van der Waals surface area contributed by atoms with E-state index >= 15 is 0 Å². The number of amides is 1. The second-order valence-electron chi connectivity index (χ2n) is 4.01. The molecule has 0 aliphatic rings. The number of nitrogens with one attached hydrogen (secondary N) is 1. The molecule has 1 heterocycles. The summed E-state index contributed by atoms with van der Waals surface area (Å²) in [5, 5.41) is 3.08. The Morgan fingerprint density at radius 3 is 2.71 bits per heavy atom. The number of hydrogen-bond acceptors (Lipinski definition) is 3. The molecule has 0 aromatic carbocycles. The average molecular weight is 238 g/mol. The summed E-state index contributed by atoms with van der Waals surface area (Å²) in [5.41, 5.74) is 1.03. The minimum atomic E-state index is -0.194. The van der Waals surface area contributed by atoms with Gasteiger partial charge in [0.15, 0.2) is 0 Å². The van der Waals surface area contributed by atoms with Gasteiger partial charge in [-0.15, -0.1) is 0 Å². The molecule has 17 heavy (non-hydrogen) atoms. The van der Waals surface area contributed by atoms with E-state index in [4.69, 9.17) is 0 Å². The van der Waals surface area contributed by atoms with E-state index in [-0.39, 0.29) is 11.9 Å². The lowest BCUT2D eigenvalue weighted by Crippen LogP contribution is -2.36. The Balaban J connectivity index is 2.84. The molecule has 1 aromatic heterocycles. The van der Waals surface area contributed by atoms with E-state index in [0.717, 1.165) is 25.3 Å². The summed E-state index contributed by atoms with van der Waals surface area (Å²) in [7, 11) is 1.88. The van der Waals surface area contributed by atoms with Gasteiger partial charge in [-0.2, -0.15) is 0 Å². The maximum atomic E-state index is 12.2. The van der Waals surface area contributed by atoms with Crippen LogP contribution < -0.4 is 5.32 Å². The van der Waals surface area contributed by atoms with Crippen molar-refractivity contribution < 1.29 is 4.79 Å². The third kappa shape index (κ3) is 3.06. The highest BCUT2D eigenvalue weighted by Gasteiger charge is 2.21. The molecule has 0 saturated carbocycles. The van der Waals surface area contributed by atoms with Crippen LogP contribution in [0.4, 0.5) is 0 Å². The van der Waals surface area contributed by atoms with Crippen molar-refractivity contribution in [1.82, 2.24) is 19.8 Å². The molecule has 96 valence electrons. The Bertz CT molecular complexity index is 357. The molecule has 1 amide bonds. The van der Waals surface area contributed by atoms with Gasteiger partial charge in [0, 0.05) is 25.8 Å². The first-order valence-corrected chi connectivity index (χ1v) is 6.09. The summed E-state index contributed by atoms with van der Waals surface area (Å²) in [6.45, 7) is 8.12. The van der Waals surface area contributed by atoms with Crippen LogP contribution in [0.1, 0.15) is 32.5 Å². The lowest BCUT2D eigenvalue weighted by molar-refractivity contribution is -0.133. The second-order valence-corrected chi connectivity index (χ2v) is 4.01. The Labute approximate surface area is 103 Å². The normalized spacial score (nSPS) is 12.5. The van der Waals surface area contributed by atoms with E-state index in [9.17, 15) is 4.79 Å². The van der Waals surface area contributed by atoms with Crippen molar-refractivity contribution in [2.24, 2.45) is 0 Å². The summed E-state index contributed by atoms with van der Waals surface area (Å²) in [4.78, 5) is 18.2. The molecule has 5 nitrogen and oxygen atoms in total. The molecular formula is C12H22N4O. The molecular weight excluding hydrogens is 216 g/mol. The maximum absolute atomic E-state index is 12.2. The van der Waals surface area contributed by atoms with Gasteiger partial charge in [0.2, 0.25) is 5.91 Å². The number of hydrogen-bond donors (Lipinski definition) is 1. The van der Waals surface area contributed by atoms with Crippen molar-refractivity contribution in [2.45, 2.75) is 33.4 Å². The highest BCUT2D eigenvalue weighted by Crippen LogP contribution is 2.13. The molecule has 1 aromatic rings. The lowest BCUT2D eigenvalue weighted by Gasteiger charge is -2.24. The van der Waals surface area contributed by atoms with Gasteiger partial charge in [0.1, 0.15) is 6.04 Å². The number of nitrogens with zero attached hydrogens (tertiary/aromatic N) is 3. The number of rotatable bonds is 6. The Morgan fingerprint density at radius 2 is 2.18 bits per heavy atom. The van der Waals surface area contributed by atoms with Crippen molar-refractivity contribution in [3.63, 3.8) is 0 Å². The van der Waals surface area contributed by atoms with Crippen LogP contribution in [0.2, 0.25) is 0 Å². The molecule has 1 unspecified atom stereocenters. The molecule has 0 aliphatic carbocycles. The number of aromatic nitrogens is 2. The average Bonchev–Trinajstić information content (AvgIpc) is 2.78. The minimum Gasteiger partial charge on any atom is -0.341 e. The zero-order valence-electron chi connectivity index (χ0n) is 11.1. The van der Waals surface area contributed by atoms with E-state index < -0.39 is 0 Å². The van der Waals surface area contributed by atoms with E-state index in [1.54, 1.807) is 12.5 Å². The fourth-order valence-electron chi connectivity index (χ4n) is 1.92. The summed E-state index contributed by atoms with van der Waals surface area (Å²) >= 11 is 0. The van der Waals surface area contributed by atoms with Crippen LogP contribution in [0, 0.1) is 0 Å². The van der Waals surface area contributed by atoms with Gasteiger partial charge in [-0.1, -0.05) is 0 Å². The van der Waals surface area contributed by atoms with Crippen LogP contribution in [0.25, 0.3) is 0 Å². The van der Waals surface area contributed by atoms with Crippen molar-refractivity contribution >= 4 is 5.91 Å². The zero-order chi connectivity index (χ0) is 12.8. The molecule has 5 heteroatoms. The third-order valence-corrected chi connectivity index (χ3v) is 2.95. The third-order valence-electron chi connectivity index (χ3n) is 2.95. The van der Waals surface area contributed by atoms with Crippen LogP contribution in [0.3, 0.4) is 0 Å². The van der Waals surface area contributed by atoms with Crippen molar-refractivity contribution in [2.75, 3.05) is 20.1 Å². The maximum Gasteiger partial charge on any atom is 0.245 e. The molecule has 0 aliphatic heterocycles. The van der Waals surface area contributed by atoms with Crippen molar-refractivity contribution in [1.29, 1.82) is 0 Å². The summed E-state index contributed by atoms with van der Waals surface area (Å²) < 4.78 is 1.93. The molecule has 1 atom stereocenters. The first-order valence-electron chi connectivity index (χ1n) is 6.09. The van der Waals surface area contributed by atoms with Crippen LogP contribution in [-0.2, 0) is 11.3 Å². The largest absolute Gasteiger partial charge is 0.341 e. The minimum absolute atomic E-state index is 0.144. The highest BCUT2D eigenvalue weighted by atomic mass is 16.2. The predicted molar refractivity (Wildman–Crippen MR) is 67.6 cm³/mol. The van der Waals surface area contributed by atoms with Gasteiger partial charge < -0.3 is 14.8 Å². The monoisotopic (exact) mass is 238 g/mol. The van der Waals surface area contributed by atoms with Crippen molar-refractivity contribution in [3.8, 4) is 0 Å². The quantitative estimate of drug-likeness (QED) is 0.805. The van der Waals surface area contributed by atoms with Crippen molar-refractivity contribution in [3.05, 3.63) is 18.2 Å². The Hall–Kier alpha value is -1.36. The zero-order valence-corrected chi connectivity index (χ0v) is 11.1. The topological polar surface area (TPSA) is 50.2 Å². The van der Waals surface area contributed by atoms with Gasteiger partial charge in [-0.05, 0) is 27.8 Å². The van der Waals surface area contributed by atoms with Gasteiger partial charge in [-0.25, -0.2) is 4.98 Å². The number of carbonyl (C=O) groups is 1. The van der Waals surface area contributed by atoms with Crippen LogP contribution >= 0.6 is 0 Å². The lowest BCUT2D eigenvalue weighted by atomic mass is 10.2. The smallest absolute Gasteiger partial charge is 0.245 e. The second kappa shape index (κ2) is 6.39. The highest BCUT2D eigenvalue weighted by molar-refractivity contribution is 5.80. The molecule has 0 fully saturated rings. The first-order chi connectivity index (χ1) is 8.15. The number of imidazole rings is 1. The first kappa shape index (κ1) is 13.7. The van der Waals surface area contributed by atoms with E-state index in [1.165, 1.54) is 0 Å². The SMILES string of the molecule is CCN(CC)C(=O)C(C)n1cncc1CNC. The predicted octanol–water partition coefficient (Wildman–Crippen LogP) is 1.03. The fraction of sp³-hybridized carbons (Fsp3) is 0.667. The summed E-state index contributed by atoms with van der Waals surface area (Å²) in [6, 6.07) is -0.194. The molecule has 1 N–H and O–H groups in total. The molecule has 0 saturated heterocycles. The molecule has 0 spiro atoms. The van der Waals surface area contributed by atoms with Crippen LogP contribution in [0.15, 0.2) is 12.5 Å². The fourth-order valence-corrected chi connectivity index (χ4v) is 1.92. The summed E-state index contributed by atoms with van der Waals surface area (Å²) in [5.74, 6) is 0.144. The van der Waals surface area contributed by atoms with Gasteiger partial charge in [-0.3, -0.25) is 4.79 Å². The number of likely N-dealkylation sites (N-methyl/N-ethyl adjacent to an activating group) is 1. The standard InChI is InChI=1S/C12H22N4O/c1-5-15(6-2)12(17)10(3)16-9-14-8-11(16)7-13-4/h8-10,13H,5-7H2,1-4H3. The summed E-state index contributed by atoms with van der Waals surface area (Å²) in [6.07, 6.45) is 3.52.